The van der Waals surface area contributed by atoms with E-state index in [0.717, 1.165) is 18.6 Å². The summed E-state index contributed by atoms with van der Waals surface area (Å²) in [5.74, 6) is -0.770. The number of benzene rings is 1. The zero-order valence-corrected chi connectivity index (χ0v) is 15.7. The lowest BCUT2D eigenvalue weighted by atomic mass is 10.1. The van der Waals surface area contributed by atoms with Crippen LogP contribution in [0.25, 0.3) is 0 Å². The van der Waals surface area contributed by atoms with Gasteiger partial charge in [-0.25, -0.2) is 12.8 Å². The molecule has 0 bridgehead atoms. The molecule has 142 valence electrons. The Balaban J connectivity index is 0.00000243. The number of piperidine rings is 1. The summed E-state index contributed by atoms with van der Waals surface area (Å²) in [6, 6.07) is 4.73. The lowest BCUT2D eigenvalue weighted by Crippen LogP contribution is -2.57. The van der Waals surface area contributed by atoms with Gasteiger partial charge in [-0.05, 0) is 31.0 Å². The van der Waals surface area contributed by atoms with Crippen LogP contribution < -0.4 is 5.32 Å². The van der Waals surface area contributed by atoms with Gasteiger partial charge in [-0.15, -0.1) is 12.4 Å². The number of amides is 1. The zero-order valence-electron chi connectivity index (χ0n) is 14.0. The first-order valence-electron chi connectivity index (χ1n) is 8.13. The largest absolute Gasteiger partial charge is 0.336 e. The van der Waals surface area contributed by atoms with Gasteiger partial charge >= 0.3 is 0 Å². The quantitative estimate of drug-likeness (QED) is 0.803. The number of halogens is 2. The van der Waals surface area contributed by atoms with Gasteiger partial charge in [0.2, 0.25) is 15.9 Å². The van der Waals surface area contributed by atoms with E-state index in [0.29, 0.717) is 26.1 Å². The van der Waals surface area contributed by atoms with Crippen LogP contribution >= 0.6 is 12.4 Å². The fraction of sp³-hybridized carbons (Fsp3) is 0.500. The van der Waals surface area contributed by atoms with Gasteiger partial charge in [0.1, 0.15) is 11.9 Å². The maximum Gasteiger partial charge on any atom is 0.243 e. The van der Waals surface area contributed by atoms with Crippen LogP contribution in [0.2, 0.25) is 0 Å². The smallest absolute Gasteiger partial charge is 0.243 e. The van der Waals surface area contributed by atoms with E-state index >= 15 is 0 Å². The van der Waals surface area contributed by atoms with Crippen molar-refractivity contribution in [3.63, 3.8) is 0 Å². The molecule has 7 nitrogen and oxygen atoms in total. The van der Waals surface area contributed by atoms with Crippen LogP contribution in [0, 0.1) is 17.1 Å². The van der Waals surface area contributed by atoms with E-state index in [1.54, 1.807) is 11.0 Å². The highest BCUT2D eigenvalue weighted by atomic mass is 35.5. The second kappa shape index (κ2) is 8.31. The molecule has 0 aliphatic carbocycles. The summed E-state index contributed by atoms with van der Waals surface area (Å²) >= 11 is 0. The fourth-order valence-electron chi connectivity index (χ4n) is 3.30. The third-order valence-electron chi connectivity index (χ3n) is 4.62. The van der Waals surface area contributed by atoms with Gasteiger partial charge < -0.3 is 10.2 Å². The third kappa shape index (κ3) is 3.99. The van der Waals surface area contributed by atoms with Crippen LogP contribution in [-0.4, -0.2) is 62.3 Å². The van der Waals surface area contributed by atoms with Crippen molar-refractivity contribution in [2.45, 2.75) is 23.8 Å². The van der Waals surface area contributed by atoms with E-state index < -0.39 is 15.8 Å². The molecule has 2 saturated heterocycles. The van der Waals surface area contributed by atoms with Gasteiger partial charge in [0.25, 0.3) is 0 Å². The summed E-state index contributed by atoms with van der Waals surface area (Å²) in [6.45, 7) is 2.09. The second-order valence-electron chi connectivity index (χ2n) is 6.18. The van der Waals surface area contributed by atoms with Crippen molar-refractivity contribution >= 4 is 28.3 Å². The minimum atomic E-state index is -3.84. The van der Waals surface area contributed by atoms with Crippen molar-refractivity contribution in [2.24, 2.45) is 0 Å². The predicted octanol–water partition coefficient (Wildman–Crippen LogP) is 0.704. The Morgan fingerprint density at radius 1 is 1.31 bits per heavy atom. The minimum absolute atomic E-state index is 0. The van der Waals surface area contributed by atoms with E-state index in [4.69, 9.17) is 5.26 Å². The lowest BCUT2D eigenvalue weighted by molar-refractivity contribution is -0.135. The van der Waals surface area contributed by atoms with Crippen molar-refractivity contribution < 1.29 is 17.6 Å². The van der Waals surface area contributed by atoms with Crippen molar-refractivity contribution in [3.8, 4) is 6.07 Å². The van der Waals surface area contributed by atoms with Crippen molar-refractivity contribution in [1.82, 2.24) is 14.5 Å². The summed E-state index contributed by atoms with van der Waals surface area (Å²) in [5.41, 5.74) is -0.299. The summed E-state index contributed by atoms with van der Waals surface area (Å²) in [5, 5.41) is 11.9. The highest BCUT2D eigenvalue weighted by molar-refractivity contribution is 7.89. The molecule has 26 heavy (non-hydrogen) atoms. The van der Waals surface area contributed by atoms with Crippen LogP contribution in [0.3, 0.4) is 0 Å². The third-order valence-corrected chi connectivity index (χ3v) is 6.48. The van der Waals surface area contributed by atoms with Crippen molar-refractivity contribution in [1.29, 1.82) is 5.26 Å². The molecule has 0 spiro atoms. The maximum absolute atomic E-state index is 13.5. The number of hydrogen-bond donors (Lipinski definition) is 1. The van der Waals surface area contributed by atoms with Crippen LogP contribution in [0.4, 0.5) is 4.39 Å². The number of carbonyl (C=O) groups excluding carboxylic acids is 1. The topological polar surface area (TPSA) is 93.5 Å². The van der Waals surface area contributed by atoms with Gasteiger partial charge in [-0.3, -0.25) is 4.79 Å². The molecule has 2 aliphatic heterocycles. The number of sulfonamides is 1. The molecule has 0 aromatic heterocycles. The molecule has 0 saturated carbocycles. The number of rotatable bonds is 3. The van der Waals surface area contributed by atoms with E-state index in [-0.39, 0.29) is 47.9 Å². The van der Waals surface area contributed by atoms with Crippen molar-refractivity contribution in [3.05, 3.63) is 29.6 Å². The summed E-state index contributed by atoms with van der Waals surface area (Å²) in [4.78, 5) is 13.7. The Morgan fingerprint density at radius 2 is 2.08 bits per heavy atom. The number of nitrogens with one attached hydrogen (secondary N) is 1. The normalized spacial score (nSPS) is 21.8. The average Bonchev–Trinajstić information content (AvgIpc) is 2.62. The Labute approximate surface area is 158 Å². The number of nitrogens with zero attached hydrogens (tertiary/aromatic N) is 3. The van der Waals surface area contributed by atoms with Gasteiger partial charge in [-0.2, -0.15) is 9.57 Å². The lowest BCUT2D eigenvalue weighted by Gasteiger charge is -2.40. The molecule has 1 aromatic rings. The highest BCUT2D eigenvalue weighted by Crippen LogP contribution is 2.24. The van der Waals surface area contributed by atoms with Crippen LogP contribution in [0.1, 0.15) is 18.4 Å². The Hall–Kier alpha value is -1.73. The summed E-state index contributed by atoms with van der Waals surface area (Å²) < 4.78 is 40.5. The first-order chi connectivity index (χ1) is 11.9. The molecular weight excluding hydrogens is 383 g/mol. The molecule has 1 atom stereocenters. The Morgan fingerprint density at radius 3 is 2.77 bits per heavy atom. The maximum atomic E-state index is 13.5. The molecule has 1 aromatic carbocycles. The zero-order chi connectivity index (χ0) is 18.0. The molecule has 2 fully saturated rings. The molecule has 3 rings (SSSR count). The number of carbonyl (C=O) groups is 1. The molecule has 1 unspecified atom stereocenters. The van der Waals surface area contributed by atoms with Gasteiger partial charge in [0.05, 0.1) is 17.0 Å². The van der Waals surface area contributed by atoms with Gasteiger partial charge in [0, 0.05) is 32.2 Å². The summed E-state index contributed by atoms with van der Waals surface area (Å²) in [7, 11) is -3.84. The molecule has 10 heteroatoms. The van der Waals surface area contributed by atoms with Crippen LogP contribution in [0.15, 0.2) is 23.1 Å². The number of piperazine rings is 1. The highest BCUT2D eigenvalue weighted by Gasteiger charge is 2.35. The van der Waals surface area contributed by atoms with Gasteiger partial charge in [0.15, 0.2) is 0 Å². The standard InChI is InChI=1S/C16H19FN4O3S.ClH/c17-15-4-3-14(8-12(15)9-18)25(23,24)20-6-1-2-13(11-20)21-7-5-19-10-16(21)22;/h3-4,8,13,19H,1-2,5-7,10-11H2;1H. The molecule has 2 aliphatic rings. The van der Waals surface area contributed by atoms with E-state index in [2.05, 4.69) is 5.32 Å². The van der Waals surface area contributed by atoms with E-state index in [9.17, 15) is 17.6 Å². The molecule has 0 radical (unpaired) electrons. The molecule has 2 heterocycles. The van der Waals surface area contributed by atoms with Crippen LogP contribution in [-0.2, 0) is 14.8 Å². The van der Waals surface area contributed by atoms with Crippen molar-refractivity contribution in [2.75, 3.05) is 32.7 Å². The first kappa shape index (κ1) is 20.6. The number of hydrogen-bond acceptors (Lipinski definition) is 5. The second-order valence-corrected chi connectivity index (χ2v) is 8.11. The monoisotopic (exact) mass is 402 g/mol. The minimum Gasteiger partial charge on any atom is -0.336 e. The predicted molar refractivity (Wildman–Crippen MR) is 94.7 cm³/mol. The van der Waals surface area contributed by atoms with Crippen LogP contribution in [0.5, 0.6) is 0 Å². The van der Waals surface area contributed by atoms with E-state index in [1.165, 1.54) is 10.4 Å². The summed E-state index contributed by atoms with van der Waals surface area (Å²) in [6.07, 6.45) is 1.40. The SMILES string of the molecule is Cl.N#Cc1cc(S(=O)(=O)N2CCCC(N3CCNCC3=O)C2)ccc1F. The molecular formula is C16H20ClFN4O3S. The molecule has 1 amide bonds. The average molecular weight is 403 g/mol. The number of nitriles is 1. The van der Waals surface area contributed by atoms with E-state index in [1.807, 2.05) is 0 Å². The van der Waals surface area contributed by atoms with Gasteiger partial charge in [-0.1, -0.05) is 0 Å². The Bertz CT molecular complexity index is 827. The fourth-order valence-corrected chi connectivity index (χ4v) is 4.84. The Kier molecular flexibility index (Phi) is 6.58. The first-order valence-corrected chi connectivity index (χ1v) is 9.57. The molecule has 1 N–H and O–H groups in total.